The summed E-state index contributed by atoms with van der Waals surface area (Å²) < 4.78 is 57.1. The van der Waals surface area contributed by atoms with Crippen LogP contribution in [-0.4, -0.2) is 23.4 Å². The van der Waals surface area contributed by atoms with Crippen LogP contribution in [0.15, 0.2) is 94.7 Å². The van der Waals surface area contributed by atoms with Crippen LogP contribution in [0.2, 0.25) is 0 Å². The van der Waals surface area contributed by atoms with Gasteiger partial charge in [0, 0.05) is 17.6 Å². The molecule has 6 nitrogen and oxygen atoms in total. The van der Waals surface area contributed by atoms with Gasteiger partial charge in [-0.15, -0.1) is 0 Å². The van der Waals surface area contributed by atoms with E-state index in [0.717, 1.165) is 16.5 Å². The van der Waals surface area contributed by atoms with Crippen molar-refractivity contribution in [1.29, 1.82) is 0 Å². The Hall–Kier alpha value is -3.36. The number of sulfonamides is 2. The molecule has 0 amide bonds. The highest BCUT2D eigenvalue weighted by Crippen LogP contribution is 2.34. The highest BCUT2D eigenvalue weighted by atomic mass is 32.2. The molecule has 0 saturated carbocycles. The summed E-state index contributed by atoms with van der Waals surface area (Å²) in [7, 11) is -7.55. The van der Waals surface area contributed by atoms with Crippen LogP contribution < -0.4 is 9.03 Å². The molecule has 4 aromatic carbocycles. The summed E-state index contributed by atoms with van der Waals surface area (Å²) in [4.78, 5) is 0.443. The Labute approximate surface area is 200 Å². The standard InChI is InChI=1S/C26H24N2O4S2/c1-19-11-14-23(15-12-19)34(31,32)28-17-5-8-21-18-22(13-16-25(21)28)27-33(29,30)26-10-4-7-20-6-2-3-9-24(20)26/h2-4,6-7,9-16,18,27H,5,8,17H2,1H3. The molecular weight excluding hydrogens is 468 g/mol. The maximum absolute atomic E-state index is 13.3. The Kier molecular flexibility index (Phi) is 5.58. The number of nitrogens with zero attached hydrogens (tertiary/aromatic N) is 1. The second kappa shape index (κ2) is 8.45. The van der Waals surface area contributed by atoms with Gasteiger partial charge in [0.1, 0.15) is 0 Å². The summed E-state index contributed by atoms with van der Waals surface area (Å²) in [5.74, 6) is 0. The summed E-state index contributed by atoms with van der Waals surface area (Å²) in [5, 5.41) is 1.48. The van der Waals surface area contributed by atoms with Crippen LogP contribution in [0.5, 0.6) is 0 Å². The molecule has 1 heterocycles. The van der Waals surface area contributed by atoms with E-state index in [1.807, 2.05) is 31.2 Å². The van der Waals surface area contributed by atoms with Crippen molar-refractivity contribution in [2.24, 2.45) is 0 Å². The summed E-state index contributed by atoms with van der Waals surface area (Å²) in [6.07, 6.45) is 1.32. The minimum absolute atomic E-state index is 0.201. The van der Waals surface area contributed by atoms with Gasteiger partial charge < -0.3 is 0 Å². The van der Waals surface area contributed by atoms with Crippen LogP contribution >= 0.6 is 0 Å². The first-order valence-corrected chi connectivity index (χ1v) is 13.9. The minimum Gasteiger partial charge on any atom is -0.280 e. The van der Waals surface area contributed by atoms with Crippen molar-refractivity contribution in [3.63, 3.8) is 0 Å². The third-order valence-electron chi connectivity index (χ3n) is 6.06. The monoisotopic (exact) mass is 492 g/mol. The molecule has 174 valence electrons. The Morgan fingerprint density at radius 1 is 0.824 bits per heavy atom. The first-order valence-electron chi connectivity index (χ1n) is 11.0. The van der Waals surface area contributed by atoms with Gasteiger partial charge in [-0.25, -0.2) is 16.8 Å². The highest BCUT2D eigenvalue weighted by Gasteiger charge is 2.29. The van der Waals surface area contributed by atoms with Crippen molar-refractivity contribution in [2.75, 3.05) is 15.6 Å². The second-order valence-electron chi connectivity index (χ2n) is 8.42. The third-order valence-corrected chi connectivity index (χ3v) is 9.32. The number of hydrogen-bond acceptors (Lipinski definition) is 4. The van der Waals surface area contributed by atoms with Gasteiger partial charge in [-0.2, -0.15) is 0 Å². The fraction of sp³-hybridized carbons (Fsp3) is 0.154. The number of nitrogens with one attached hydrogen (secondary N) is 1. The lowest BCUT2D eigenvalue weighted by atomic mass is 10.0. The van der Waals surface area contributed by atoms with Crippen LogP contribution in [0.25, 0.3) is 10.8 Å². The van der Waals surface area contributed by atoms with Gasteiger partial charge in [0.05, 0.1) is 15.5 Å². The smallest absolute Gasteiger partial charge is 0.264 e. The molecule has 1 aliphatic rings. The number of benzene rings is 4. The number of rotatable bonds is 5. The summed E-state index contributed by atoms with van der Waals surface area (Å²) in [6.45, 7) is 2.29. The van der Waals surface area contributed by atoms with Crippen molar-refractivity contribution in [3.05, 3.63) is 96.1 Å². The molecule has 1 aliphatic heterocycles. The normalized spacial score (nSPS) is 14.1. The Morgan fingerprint density at radius 3 is 2.35 bits per heavy atom. The van der Waals surface area contributed by atoms with Crippen molar-refractivity contribution in [3.8, 4) is 0 Å². The van der Waals surface area contributed by atoms with E-state index in [4.69, 9.17) is 0 Å². The lowest BCUT2D eigenvalue weighted by Gasteiger charge is -2.31. The van der Waals surface area contributed by atoms with Gasteiger partial charge in [-0.1, -0.05) is 54.1 Å². The zero-order chi connectivity index (χ0) is 23.9. The number of anilines is 2. The molecule has 5 rings (SSSR count). The van der Waals surface area contributed by atoms with Crippen LogP contribution in [0.1, 0.15) is 17.5 Å². The topological polar surface area (TPSA) is 83.6 Å². The molecule has 0 radical (unpaired) electrons. The molecule has 0 bridgehead atoms. The Balaban J connectivity index is 1.48. The molecular formula is C26H24N2O4S2. The van der Waals surface area contributed by atoms with Crippen molar-refractivity contribution < 1.29 is 16.8 Å². The number of fused-ring (bicyclic) bond motifs is 2. The van der Waals surface area contributed by atoms with E-state index in [-0.39, 0.29) is 9.79 Å². The van der Waals surface area contributed by atoms with Crippen molar-refractivity contribution in [2.45, 2.75) is 29.6 Å². The molecule has 0 aliphatic carbocycles. The number of hydrogen-bond donors (Lipinski definition) is 1. The lowest BCUT2D eigenvalue weighted by molar-refractivity contribution is 0.586. The first kappa shape index (κ1) is 22.4. The van der Waals surface area contributed by atoms with Gasteiger partial charge in [0.2, 0.25) is 0 Å². The Morgan fingerprint density at radius 2 is 1.56 bits per heavy atom. The van der Waals surface area contributed by atoms with Crippen LogP contribution in [0, 0.1) is 6.92 Å². The molecule has 0 atom stereocenters. The third kappa shape index (κ3) is 4.03. The largest absolute Gasteiger partial charge is 0.280 e. The average molecular weight is 493 g/mol. The van der Waals surface area contributed by atoms with Crippen molar-refractivity contribution >= 4 is 42.2 Å². The summed E-state index contributed by atoms with van der Waals surface area (Å²) in [5.41, 5.74) is 2.77. The molecule has 0 fully saturated rings. The molecule has 8 heteroatoms. The van der Waals surface area contributed by atoms with E-state index in [9.17, 15) is 16.8 Å². The molecule has 0 saturated heterocycles. The van der Waals surface area contributed by atoms with Gasteiger partial charge in [-0.05, 0) is 67.1 Å². The van der Waals surface area contributed by atoms with E-state index in [0.29, 0.717) is 36.1 Å². The van der Waals surface area contributed by atoms with E-state index in [2.05, 4.69) is 4.72 Å². The van der Waals surface area contributed by atoms with Crippen molar-refractivity contribution in [1.82, 2.24) is 0 Å². The fourth-order valence-corrected chi connectivity index (χ4v) is 7.17. The van der Waals surface area contributed by atoms with Gasteiger partial charge in [0.25, 0.3) is 20.0 Å². The molecule has 34 heavy (non-hydrogen) atoms. The van der Waals surface area contributed by atoms with Gasteiger partial charge >= 0.3 is 0 Å². The lowest BCUT2D eigenvalue weighted by Crippen LogP contribution is -2.35. The quantitative estimate of drug-likeness (QED) is 0.421. The van der Waals surface area contributed by atoms with E-state index in [1.165, 1.54) is 4.31 Å². The molecule has 0 unspecified atom stereocenters. The summed E-state index contributed by atoms with van der Waals surface area (Å²) >= 11 is 0. The Bertz CT molecular complexity index is 1590. The predicted molar refractivity (Wildman–Crippen MR) is 135 cm³/mol. The highest BCUT2D eigenvalue weighted by molar-refractivity contribution is 7.93. The fourth-order valence-electron chi connectivity index (χ4n) is 4.35. The second-order valence-corrected chi connectivity index (χ2v) is 11.9. The maximum atomic E-state index is 13.3. The van der Waals surface area contributed by atoms with Crippen LogP contribution in [-0.2, 0) is 26.5 Å². The van der Waals surface area contributed by atoms with Gasteiger partial charge in [-0.3, -0.25) is 9.03 Å². The number of aryl methyl sites for hydroxylation is 2. The molecule has 0 aromatic heterocycles. The molecule has 0 spiro atoms. The maximum Gasteiger partial charge on any atom is 0.264 e. The van der Waals surface area contributed by atoms with E-state index >= 15 is 0 Å². The zero-order valence-electron chi connectivity index (χ0n) is 18.6. The zero-order valence-corrected chi connectivity index (χ0v) is 20.2. The van der Waals surface area contributed by atoms with Gasteiger partial charge in [0.15, 0.2) is 0 Å². The molecule has 1 N–H and O–H groups in total. The SMILES string of the molecule is Cc1ccc(S(=O)(=O)N2CCCc3cc(NS(=O)(=O)c4cccc5ccccc45)ccc32)cc1. The minimum atomic E-state index is -3.84. The summed E-state index contributed by atoms with van der Waals surface area (Å²) in [6, 6.07) is 24.3. The average Bonchev–Trinajstić information content (AvgIpc) is 2.83. The first-order chi connectivity index (χ1) is 16.3. The molecule has 4 aromatic rings. The predicted octanol–water partition coefficient (Wildman–Crippen LogP) is 5.09. The van der Waals surface area contributed by atoms with E-state index in [1.54, 1.807) is 60.7 Å². The van der Waals surface area contributed by atoms with E-state index < -0.39 is 20.0 Å². The van der Waals surface area contributed by atoms with Crippen LogP contribution in [0.3, 0.4) is 0 Å². The van der Waals surface area contributed by atoms with Crippen LogP contribution in [0.4, 0.5) is 11.4 Å².